The number of hydrogen-bond acceptors (Lipinski definition) is 6. The molecule has 4 N–H and O–H groups in total. The normalized spacial score (nSPS) is 33.0. The summed E-state index contributed by atoms with van der Waals surface area (Å²) in [5.41, 5.74) is 0. The van der Waals surface area contributed by atoms with E-state index in [1.807, 2.05) is 0 Å². The maximum Gasteiger partial charge on any atom is 0.0720 e. The Balaban J connectivity index is 0. The topological polar surface area (TPSA) is 83.0 Å². The molecule has 4 atom stereocenters. The highest BCUT2D eigenvalue weighted by Crippen LogP contribution is 2.05. The van der Waals surface area contributed by atoms with E-state index in [0.717, 1.165) is 25.9 Å². The van der Waals surface area contributed by atoms with Gasteiger partial charge in [0.05, 0.1) is 24.4 Å². The Labute approximate surface area is 133 Å². The summed E-state index contributed by atoms with van der Waals surface area (Å²) in [4.78, 5) is 0. The van der Waals surface area contributed by atoms with E-state index in [0.29, 0.717) is 13.1 Å². The summed E-state index contributed by atoms with van der Waals surface area (Å²) in [6, 6.07) is 0. The van der Waals surface area contributed by atoms with Gasteiger partial charge in [0.1, 0.15) is 0 Å². The van der Waals surface area contributed by atoms with Gasteiger partial charge in [0.2, 0.25) is 0 Å². The Morgan fingerprint density at radius 1 is 0.750 bits per heavy atom. The molecule has 2 aliphatic rings. The van der Waals surface area contributed by atoms with Crippen molar-refractivity contribution in [2.75, 3.05) is 40.4 Å². The number of piperidine rings is 2. The number of aliphatic hydroxyl groups excluding tert-OH is 2. The molecule has 0 saturated carbocycles. The predicted octanol–water partition coefficient (Wildman–Crippen LogP) is -0.445. The van der Waals surface area contributed by atoms with Crippen LogP contribution in [0.5, 0.6) is 0 Å². The molecule has 0 amide bonds. The van der Waals surface area contributed by atoms with Gasteiger partial charge in [-0.25, -0.2) is 0 Å². The minimum absolute atomic E-state index is 0. The summed E-state index contributed by atoms with van der Waals surface area (Å²) < 4.78 is 10.1. The van der Waals surface area contributed by atoms with Gasteiger partial charge in [0.25, 0.3) is 0 Å². The first-order chi connectivity index (χ1) is 8.65. The van der Waals surface area contributed by atoms with Crippen LogP contribution in [0.15, 0.2) is 0 Å². The summed E-state index contributed by atoms with van der Waals surface area (Å²) in [6.45, 7) is 3.15. The first kappa shape index (κ1) is 22.6. The molecule has 20 heavy (non-hydrogen) atoms. The van der Waals surface area contributed by atoms with Gasteiger partial charge in [-0.3, -0.25) is 0 Å². The molecule has 0 aromatic heterocycles. The molecule has 0 aromatic rings. The van der Waals surface area contributed by atoms with E-state index >= 15 is 0 Å². The molecule has 0 radical (unpaired) electrons. The fourth-order valence-electron chi connectivity index (χ4n) is 2.12. The van der Waals surface area contributed by atoms with Crippen molar-refractivity contribution in [3.63, 3.8) is 0 Å². The van der Waals surface area contributed by atoms with Crippen LogP contribution in [0, 0.1) is 0 Å². The van der Waals surface area contributed by atoms with Gasteiger partial charge >= 0.3 is 0 Å². The van der Waals surface area contributed by atoms with Crippen molar-refractivity contribution < 1.29 is 19.7 Å². The maximum atomic E-state index is 9.07. The minimum Gasteiger partial charge on any atom is -0.392 e. The van der Waals surface area contributed by atoms with E-state index in [1.165, 1.54) is 0 Å². The molecule has 0 aliphatic carbocycles. The van der Waals surface area contributed by atoms with Crippen molar-refractivity contribution in [1.82, 2.24) is 10.6 Å². The van der Waals surface area contributed by atoms with Crippen molar-refractivity contribution in [1.29, 1.82) is 0 Å². The molecule has 2 fully saturated rings. The van der Waals surface area contributed by atoms with Gasteiger partial charge < -0.3 is 30.3 Å². The van der Waals surface area contributed by atoms with Gasteiger partial charge in [-0.05, 0) is 0 Å². The molecule has 124 valence electrons. The van der Waals surface area contributed by atoms with E-state index in [2.05, 4.69) is 10.6 Å². The number of rotatable bonds is 2. The van der Waals surface area contributed by atoms with E-state index in [4.69, 9.17) is 19.7 Å². The van der Waals surface area contributed by atoms with Gasteiger partial charge in [0.15, 0.2) is 0 Å². The van der Waals surface area contributed by atoms with Crippen LogP contribution >= 0.6 is 24.8 Å². The number of β-amino-alcohol motifs (C(OH)–C–C–N with tert-alkyl or cyclic N) is 2. The zero-order chi connectivity index (χ0) is 13.4. The van der Waals surface area contributed by atoms with Crippen LogP contribution in [0.2, 0.25) is 0 Å². The number of nitrogens with one attached hydrogen (secondary N) is 2. The molecule has 0 bridgehead atoms. The van der Waals surface area contributed by atoms with Crippen LogP contribution in [0.4, 0.5) is 0 Å². The summed E-state index contributed by atoms with van der Waals surface area (Å²) in [5, 5.41) is 24.3. The Kier molecular flexibility index (Phi) is 14.7. The second-order valence-electron chi connectivity index (χ2n) is 4.81. The summed E-state index contributed by atoms with van der Waals surface area (Å²) >= 11 is 0. The molecule has 2 saturated heterocycles. The smallest absolute Gasteiger partial charge is 0.0720 e. The largest absolute Gasteiger partial charge is 0.392 e. The summed E-state index contributed by atoms with van der Waals surface area (Å²) in [5.74, 6) is 0. The Morgan fingerprint density at radius 3 is 1.30 bits per heavy atom. The van der Waals surface area contributed by atoms with Gasteiger partial charge in [-0.1, -0.05) is 0 Å². The second-order valence-corrected chi connectivity index (χ2v) is 4.81. The Hall–Kier alpha value is 0.340. The molecule has 8 heteroatoms. The fourth-order valence-corrected chi connectivity index (χ4v) is 2.12. The highest BCUT2D eigenvalue weighted by molar-refractivity contribution is 5.85. The third-order valence-corrected chi connectivity index (χ3v) is 3.24. The average Bonchev–Trinajstić information content (AvgIpc) is 2.39. The molecule has 0 aromatic carbocycles. The molecule has 2 heterocycles. The van der Waals surface area contributed by atoms with Crippen molar-refractivity contribution in [2.45, 2.75) is 37.3 Å². The lowest BCUT2D eigenvalue weighted by Gasteiger charge is -2.25. The minimum atomic E-state index is -0.219. The molecular formula is C12H28Cl2N2O4. The van der Waals surface area contributed by atoms with Gasteiger partial charge in [0, 0.05) is 53.2 Å². The Morgan fingerprint density at radius 2 is 1.10 bits per heavy atom. The van der Waals surface area contributed by atoms with E-state index in [-0.39, 0.29) is 49.2 Å². The standard InChI is InChI=1S/2C6H13NO2.2ClH/c2*1-9-6-2-5(8)3-7-4-6;;/h2*5-8H,2-4H2,1H3;2*1H. The van der Waals surface area contributed by atoms with Crippen molar-refractivity contribution in [3.8, 4) is 0 Å². The zero-order valence-electron chi connectivity index (χ0n) is 12.1. The predicted molar refractivity (Wildman–Crippen MR) is 83.1 cm³/mol. The molecule has 2 rings (SSSR count). The highest BCUT2D eigenvalue weighted by Gasteiger charge is 2.18. The van der Waals surface area contributed by atoms with Crippen LogP contribution < -0.4 is 10.6 Å². The number of ether oxygens (including phenoxy) is 2. The molecule has 4 unspecified atom stereocenters. The monoisotopic (exact) mass is 334 g/mol. The first-order valence-corrected chi connectivity index (χ1v) is 6.48. The zero-order valence-corrected chi connectivity index (χ0v) is 13.7. The third-order valence-electron chi connectivity index (χ3n) is 3.24. The average molecular weight is 335 g/mol. The lowest BCUT2D eigenvalue weighted by molar-refractivity contribution is 0.0222. The molecule has 6 nitrogen and oxygen atoms in total. The summed E-state index contributed by atoms with van der Waals surface area (Å²) in [7, 11) is 3.34. The van der Waals surface area contributed by atoms with Crippen LogP contribution in [-0.2, 0) is 9.47 Å². The first-order valence-electron chi connectivity index (χ1n) is 6.48. The van der Waals surface area contributed by atoms with E-state index in [9.17, 15) is 0 Å². The SMILES string of the molecule is COC1CNCC(O)C1.COC1CNCC(O)C1.Cl.Cl. The number of halogens is 2. The number of methoxy groups -OCH3 is 2. The van der Waals surface area contributed by atoms with Crippen LogP contribution in [-0.4, -0.2) is 75.0 Å². The van der Waals surface area contributed by atoms with Crippen LogP contribution in [0.3, 0.4) is 0 Å². The van der Waals surface area contributed by atoms with Crippen LogP contribution in [0.1, 0.15) is 12.8 Å². The van der Waals surface area contributed by atoms with Crippen molar-refractivity contribution in [2.24, 2.45) is 0 Å². The highest BCUT2D eigenvalue weighted by atomic mass is 35.5. The lowest BCUT2D eigenvalue weighted by atomic mass is 10.1. The van der Waals surface area contributed by atoms with E-state index < -0.39 is 0 Å². The summed E-state index contributed by atoms with van der Waals surface area (Å²) in [6.07, 6.45) is 1.50. The Bertz CT molecular complexity index is 206. The van der Waals surface area contributed by atoms with Crippen molar-refractivity contribution in [3.05, 3.63) is 0 Å². The fraction of sp³-hybridized carbons (Fsp3) is 1.00. The van der Waals surface area contributed by atoms with Gasteiger partial charge in [-0.2, -0.15) is 0 Å². The molecule has 2 aliphatic heterocycles. The van der Waals surface area contributed by atoms with Crippen LogP contribution in [0.25, 0.3) is 0 Å². The van der Waals surface area contributed by atoms with Crippen molar-refractivity contribution >= 4 is 24.8 Å². The molecule has 0 spiro atoms. The second kappa shape index (κ2) is 13.0. The third kappa shape index (κ3) is 9.31. The number of aliphatic hydroxyl groups is 2. The molecular weight excluding hydrogens is 307 g/mol. The maximum absolute atomic E-state index is 9.07. The van der Waals surface area contributed by atoms with Gasteiger partial charge in [-0.15, -0.1) is 24.8 Å². The lowest BCUT2D eigenvalue weighted by Crippen LogP contribution is -2.42. The quantitative estimate of drug-likeness (QED) is 0.548. The number of hydrogen-bond donors (Lipinski definition) is 4. The van der Waals surface area contributed by atoms with E-state index in [1.54, 1.807) is 14.2 Å².